The number of hydrogen-bond acceptors (Lipinski definition) is 3. The van der Waals surface area contributed by atoms with Gasteiger partial charge in [-0.1, -0.05) is 60.7 Å². The first kappa shape index (κ1) is 21.7. The molecule has 3 nitrogen and oxygen atoms in total. The fraction of sp³-hybridized carbons (Fsp3) is 0.130. The predicted octanol–water partition coefficient (Wildman–Crippen LogP) is 8.52. The van der Waals surface area contributed by atoms with Crippen LogP contribution in [0.3, 0.4) is 0 Å². The number of alkyl halides is 6. The highest BCUT2D eigenvalue weighted by Crippen LogP contribution is 2.43. The quantitative estimate of drug-likeness (QED) is 0.237. The first-order valence-corrected chi connectivity index (χ1v) is 10.7. The Balaban J connectivity index is 1.92. The molecule has 170 valence electrons. The molecule has 5 aromatic rings. The summed E-state index contributed by atoms with van der Waals surface area (Å²) in [6, 6.07) is 20.8. The molecule has 0 bridgehead atoms. The van der Waals surface area contributed by atoms with E-state index in [4.69, 9.17) is 8.39 Å². The Bertz CT molecular complexity index is 1430. The van der Waals surface area contributed by atoms with Crippen LogP contribution in [0.1, 0.15) is 0 Å². The monoisotopic (exact) mass is 482 g/mol. The molecular formula is C23H13F6O3P. The number of hydrogen-bond donors (Lipinski definition) is 0. The average Bonchev–Trinajstić information content (AvgIpc) is 2.92. The van der Waals surface area contributed by atoms with Crippen LogP contribution in [-0.4, -0.2) is 18.5 Å². The molecule has 0 aliphatic rings. The fourth-order valence-electron chi connectivity index (χ4n) is 3.78. The molecule has 0 aliphatic heterocycles. The minimum Gasteiger partial charge on any atom is -0.399 e. The molecular weight excluding hydrogens is 469 g/mol. The van der Waals surface area contributed by atoms with Gasteiger partial charge in [0, 0.05) is 10.8 Å². The Morgan fingerprint density at radius 2 is 1.03 bits per heavy atom. The largest absolute Gasteiger partial charge is 0.424 e. The zero-order valence-corrected chi connectivity index (χ0v) is 17.3. The second-order valence-corrected chi connectivity index (χ2v) is 8.32. The third kappa shape index (κ3) is 3.92. The smallest absolute Gasteiger partial charge is 0.399 e. The first-order chi connectivity index (χ1) is 15.6. The van der Waals surface area contributed by atoms with Crippen LogP contribution in [0.25, 0.3) is 43.5 Å². The molecule has 0 spiro atoms. The molecule has 0 unspecified atom stereocenters. The molecule has 5 rings (SSSR count). The van der Waals surface area contributed by atoms with Crippen molar-refractivity contribution in [3.63, 3.8) is 0 Å². The molecule has 0 fully saturated rings. The van der Waals surface area contributed by atoms with Crippen molar-refractivity contribution in [3.8, 4) is 0 Å². The van der Waals surface area contributed by atoms with Gasteiger partial charge in [-0.2, -0.15) is 26.3 Å². The van der Waals surface area contributed by atoms with Crippen LogP contribution in [0.4, 0.5) is 26.3 Å². The van der Waals surface area contributed by atoms with E-state index in [-0.39, 0.29) is 11.2 Å². The molecule has 33 heavy (non-hydrogen) atoms. The molecule has 4 aromatic carbocycles. The molecule has 0 amide bonds. The van der Waals surface area contributed by atoms with E-state index in [0.29, 0.717) is 21.5 Å². The molecule has 0 radical (unpaired) electrons. The summed E-state index contributed by atoms with van der Waals surface area (Å²) in [6.07, 6.45) is -15.4. The second kappa shape index (κ2) is 7.71. The Hall–Kier alpha value is -3.16. The summed E-state index contributed by atoms with van der Waals surface area (Å²) in [5.41, 5.74) is 0.135. The lowest BCUT2D eigenvalue weighted by atomic mass is 9.99. The molecule has 0 N–H and O–H groups in total. The topological polar surface area (TPSA) is 35.5 Å². The Kier molecular flexibility index (Phi) is 5.06. The zero-order valence-electron chi connectivity index (χ0n) is 16.4. The van der Waals surface area contributed by atoms with Gasteiger partial charge >= 0.3 is 20.6 Å². The van der Waals surface area contributed by atoms with Crippen LogP contribution >= 0.6 is 8.24 Å². The van der Waals surface area contributed by atoms with Gasteiger partial charge in [-0.25, -0.2) is 0 Å². The second-order valence-electron chi connectivity index (χ2n) is 7.29. The lowest BCUT2D eigenvalue weighted by Crippen LogP contribution is -2.46. The molecule has 0 saturated heterocycles. The summed E-state index contributed by atoms with van der Waals surface area (Å²) in [7, 11) is -3.09. The summed E-state index contributed by atoms with van der Waals surface area (Å²) in [6.45, 7) is 0. The van der Waals surface area contributed by atoms with Gasteiger partial charge in [0.2, 0.25) is 0 Å². The highest BCUT2D eigenvalue weighted by Gasteiger charge is 2.59. The summed E-state index contributed by atoms with van der Waals surface area (Å²) >= 11 is 0. The van der Waals surface area contributed by atoms with Gasteiger partial charge in [-0.3, -0.25) is 4.52 Å². The maximum Gasteiger partial charge on any atom is 0.424 e. The highest BCUT2D eigenvalue weighted by molar-refractivity contribution is 7.31. The Labute approximate surface area is 182 Å². The van der Waals surface area contributed by atoms with Crippen molar-refractivity contribution in [3.05, 3.63) is 72.8 Å². The minimum atomic E-state index is -5.70. The van der Waals surface area contributed by atoms with Crippen molar-refractivity contribution in [2.45, 2.75) is 18.5 Å². The van der Waals surface area contributed by atoms with Crippen LogP contribution in [0, 0.1) is 0 Å². The molecule has 0 aliphatic carbocycles. The highest BCUT2D eigenvalue weighted by atomic mass is 31.1. The fourth-order valence-corrected chi connectivity index (χ4v) is 4.94. The van der Waals surface area contributed by atoms with E-state index < -0.39 is 26.7 Å². The zero-order chi connectivity index (χ0) is 23.4. The Morgan fingerprint density at radius 1 is 0.606 bits per heavy atom. The van der Waals surface area contributed by atoms with Crippen molar-refractivity contribution in [2.75, 3.05) is 0 Å². The van der Waals surface area contributed by atoms with E-state index in [0.717, 1.165) is 10.8 Å². The maximum atomic E-state index is 13.1. The van der Waals surface area contributed by atoms with Crippen LogP contribution in [0.2, 0.25) is 0 Å². The van der Waals surface area contributed by atoms with Crippen molar-refractivity contribution in [2.24, 2.45) is 0 Å². The normalized spacial score (nSPS) is 12.9. The number of fused-ring (bicyclic) bond motifs is 7. The van der Waals surface area contributed by atoms with E-state index in [1.54, 1.807) is 36.4 Å². The third-order valence-corrected chi connectivity index (χ3v) is 6.24. The summed E-state index contributed by atoms with van der Waals surface area (Å²) in [5.74, 6) is 0. The van der Waals surface area contributed by atoms with E-state index in [9.17, 15) is 26.3 Å². The lowest BCUT2D eigenvalue weighted by Gasteiger charge is -2.20. The van der Waals surface area contributed by atoms with Gasteiger partial charge in [0.15, 0.2) is 0 Å². The summed E-state index contributed by atoms with van der Waals surface area (Å²) < 4.78 is 94.3. The number of halogens is 6. The van der Waals surface area contributed by atoms with Gasteiger partial charge in [-0.15, -0.1) is 0 Å². The summed E-state index contributed by atoms with van der Waals surface area (Å²) in [5, 5.41) is 4.05. The maximum absolute atomic E-state index is 13.1. The van der Waals surface area contributed by atoms with Gasteiger partial charge < -0.3 is 8.39 Å². The first-order valence-electron chi connectivity index (χ1n) is 9.63. The van der Waals surface area contributed by atoms with Crippen LogP contribution in [0.15, 0.2) is 81.2 Å². The van der Waals surface area contributed by atoms with Crippen molar-refractivity contribution in [1.29, 1.82) is 0 Å². The van der Waals surface area contributed by atoms with Gasteiger partial charge in [-0.05, 0) is 33.7 Å². The van der Waals surface area contributed by atoms with Crippen LogP contribution in [-0.2, 0) is 0 Å². The number of benzene rings is 4. The van der Waals surface area contributed by atoms with E-state index >= 15 is 0 Å². The van der Waals surface area contributed by atoms with E-state index in [1.807, 2.05) is 24.3 Å². The van der Waals surface area contributed by atoms with Gasteiger partial charge in [0.25, 0.3) is 6.10 Å². The van der Waals surface area contributed by atoms with Gasteiger partial charge in [0.05, 0.1) is 0 Å². The molecule has 10 heteroatoms. The van der Waals surface area contributed by atoms with Crippen molar-refractivity contribution < 1.29 is 39.3 Å². The van der Waals surface area contributed by atoms with Crippen molar-refractivity contribution in [1.82, 2.24) is 0 Å². The van der Waals surface area contributed by atoms with Gasteiger partial charge in [0.1, 0.15) is 11.2 Å². The molecule has 1 aromatic heterocycles. The van der Waals surface area contributed by atoms with E-state index in [1.165, 1.54) is 12.1 Å². The average molecular weight is 482 g/mol. The molecule has 1 heterocycles. The standard InChI is InChI=1S/C23H13F6O3P/c24-22(25,26)21(23(27,28)29)32-33-30-17-11-9-13-5-1-3-7-15(13)19(17)20-16-8-4-2-6-14(16)10-12-18(20)31-33/h1-12,21H. The minimum absolute atomic E-state index is 0.0676. The Morgan fingerprint density at radius 3 is 1.45 bits per heavy atom. The van der Waals surface area contributed by atoms with Crippen LogP contribution in [0.5, 0.6) is 0 Å². The summed E-state index contributed by atoms with van der Waals surface area (Å²) in [4.78, 5) is 0. The molecule has 0 saturated carbocycles. The predicted molar refractivity (Wildman–Crippen MR) is 114 cm³/mol. The molecule has 0 atom stereocenters. The van der Waals surface area contributed by atoms with E-state index in [2.05, 4.69) is 4.52 Å². The number of rotatable bonds is 2. The van der Waals surface area contributed by atoms with Crippen LogP contribution < -0.4 is 4.52 Å². The SMILES string of the molecule is FC(F)(F)C(Op1oc2ccc3ccccc3c2c2c(ccc3ccccc32)o1)C(F)(F)F. The third-order valence-electron chi connectivity index (χ3n) is 5.16. The van der Waals surface area contributed by atoms with Crippen molar-refractivity contribution >= 4 is 51.7 Å². The lowest BCUT2D eigenvalue weighted by molar-refractivity contribution is -0.291.